The monoisotopic (exact) mass is 335 g/mol. The molecule has 0 saturated carbocycles. The minimum absolute atomic E-state index is 0.00848. The molecule has 2 fully saturated rings. The highest BCUT2D eigenvalue weighted by Gasteiger charge is 2.43. The van der Waals surface area contributed by atoms with Crippen LogP contribution in [0.3, 0.4) is 0 Å². The van der Waals surface area contributed by atoms with E-state index in [-0.39, 0.29) is 12.3 Å². The van der Waals surface area contributed by atoms with Crippen LogP contribution in [0.1, 0.15) is 25.0 Å². The molecule has 3 N–H and O–H groups in total. The van der Waals surface area contributed by atoms with E-state index in [9.17, 15) is 15.0 Å². The second-order valence-electron chi connectivity index (χ2n) is 6.44. The average molecular weight is 335 g/mol. The lowest BCUT2D eigenvalue weighted by Gasteiger charge is -2.19. The molecule has 2 aliphatic heterocycles. The third-order valence-electron chi connectivity index (χ3n) is 4.67. The summed E-state index contributed by atoms with van der Waals surface area (Å²) in [5, 5.41) is 23.5. The van der Waals surface area contributed by atoms with E-state index in [1.807, 2.05) is 18.2 Å². The van der Waals surface area contributed by atoms with E-state index >= 15 is 0 Å². The predicted octanol–water partition coefficient (Wildman–Crippen LogP) is -0.327. The Morgan fingerprint density at radius 2 is 2.00 bits per heavy atom. The van der Waals surface area contributed by atoms with Gasteiger partial charge in [0.2, 0.25) is 5.91 Å². The van der Waals surface area contributed by atoms with Crippen molar-refractivity contribution in [2.24, 2.45) is 0 Å². The zero-order valence-electron chi connectivity index (χ0n) is 13.7. The van der Waals surface area contributed by atoms with Crippen molar-refractivity contribution < 1.29 is 19.7 Å². The van der Waals surface area contributed by atoms with Crippen LogP contribution in [0.5, 0.6) is 0 Å². The van der Waals surface area contributed by atoms with Crippen LogP contribution in [-0.2, 0) is 16.1 Å². The number of aromatic nitrogens is 1. The molecular formula is C17H25N3O4. The van der Waals surface area contributed by atoms with Gasteiger partial charge in [-0.25, -0.2) is 0 Å². The molecule has 4 unspecified atom stereocenters. The fraction of sp³-hybridized carbons (Fsp3) is 0.647. The fourth-order valence-electron chi connectivity index (χ4n) is 3.28. The van der Waals surface area contributed by atoms with Crippen molar-refractivity contribution in [2.75, 3.05) is 19.6 Å². The van der Waals surface area contributed by atoms with Crippen molar-refractivity contribution in [2.45, 2.75) is 50.2 Å². The summed E-state index contributed by atoms with van der Waals surface area (Å²) in [4.78, 5) is 18.2. The molecule has 2 aliphatic rings. The molecule has 0 spiro atoms. The summed E-state index contributed by atoms with van der Waals surface area (Å²) in [6.45, 7) is 2.50. The molecule has 2 saturated heterocycles. The smallest absolute Gasteiger partial charge is 0.225 e. The Bertz CT molecular complexity index is 536. The number of nitrogens with zero attached hydrogens (tertiary/aromatic N) is 2. The van der Waals surface area contributed by atoms with Gasteiger partial charge in [0.1, 0.15) is 12.2 Å². The van der Waals surface area contributed by atoms with E-state index in [4.69, 9.17) is 4.74 Å². The first kappa shape index (κ1) is 17.3. The molecule has 0 aromatic carbocycles. The topological polar surface area (TPSA) is 94.9 Å². The lowest BCUT2D eigenvalue weighted by Crippen LogP contribution is -2.38. The van der Waals surface area contributed by atoms with Crippen LogP contribution in [0, 0.1) is 0 Å². The highest BCUT2D eigenvalue weighted by Crippen LogP contribution is 2.24. The number of aliphatic hydroxyl groups excluding tert-OH is 2. The first-order chi connectivity index (χ1) is 11.6. The molecule has 0 aliphatic carbocycles. The van der Waals surface area contributed by atoms with Gasteiger partial charge in [0, 0.05) is 32.4 Å². The van der Waals surface area contributed by atoms with Crippen molar-refractivity contribution in [1.29, 1.82) is 0 Å². The Morgan fingerprint density at radius 3 is 2.71 bits per heavy atom. The average Bonchev–Trinajstić information content (AvgIpc) is 3.21. The first-order valence-corrected chi connectivity index (χ1v) is 8.55. The van der Waals surface area contributed by atoms with E-state index in [1.165, 1.54) is 0 Å². The number of aliphatic hydroxyl groups is 2. The van der Waals surface area contributed by atoms with Crippen molar-refractivity contribution in [3.8, 4) is 0 Å². The second kappa shape index (κ2) is 8.02. The molecular weight excluding hydrogens is 310 g/mol. The Labute approximate surface area is 141 Å². The van der Waals surface area contributed by atoms with Crippen LogP contribution in [0.25, 0.3) is 0 Å². The van der Waals surface area contributed by atoms with E-state index in [0.29, 0.717) is 13.1 Å². The molecule has 0 radical (unpaired) electrons. The van der Waals surface area contributed by atoms with Crippen molar-refractivity contribution in [1.82, 2.24) is 15.2 Å². The van der Waals surface area contributed by atoms with Crippen LogP contribution < -0.4 is 5.32 Å². The Morgan fingerprint density at radius 1 is 1.25 bits per heavy atom. The Balaban J connectivity index is 1.46. The number of nitrogens with one attached hydrogen (secondary N) is 1. The quantitative estimate of drug-likeness (QED) is 0.659. The van der Waals surface area contributed by atoms with Crippen molar-refractivity contribution >= 4 is 5.91 Å². The maximum atomic E-state index is 12.2. The second-order valence-corrected chi connectivity index (χ2v) is 6.44. The molecule has 4 atom stereocenters. The summed E-state index contributed by atoms with van der Waals surface area (Å²) in [6.07, 6.45) is 0.715. The van der Waals surface area contributed by atoms with Gasteiger partial charge in [0.15, 0.2) is 0 Å². The van der Waals surface area contributed by atoms with E-state index in [1.54, 1.807) is 11.1 Å². The summed E-state index contributed by atoms with van der Waals surface area (Å²) in [7, 11) is 0. The minimum atomic E-state index is -1.03. The van der Waals surface area contributed by atoms with Gasteiger partial charge < -0.3 is 25.2 Å². The number of likely N-dealkylation sites (tertiary alicyclic amines) is 1. The molecule has 1 amide bonds. The van der Waals surface area contributed by atoms with Crippen LogP contribution in [-0.4, -0.2) is 70.1 Å². The van der Waals surface area contributed by atoms with E-state index in [2.05, 4.69) is 10.3 Å². The van der Waals surface area contributed by atoms with Crippen LogP contribution >= 0.6 is 0 Å². The molecule has 24 heavy (non-hydrogen) atoms. The summed E-state index contributed by atoms with van der Waals surface area (Å²) >= 11 is 0. The number of rotatable bonds is 6. The lowest BCUT2D eigenvalue weighted by atomic mass is 10.1. The van der Waals surface area contributed by atoms with Gasteiger partial charge >= 0.3 is 0 Å². The zero-order chi connectivity index (χ0) is 16.9. The summed E-state index contributed by atoms with van der Waals surface area (Å²) in [6, 6.07) is 5.67. The van der Waals surface area contributed by atoms with E-state index < -0.39 is 24.4 Å². The molecule has 1 aromatic heterocycles. The van der Waals surface area contributed by atoms with Crippen LogP contribution in [0.4, 0.5) is 0 Å². The van der Waals surface area contributed by atoms with E-state index in [0.717, 1.165) is 31.6 Å². The molecule has 132 valence electrons. The number of amides is 1. The van der Waals surface area contributed by atoms with Gasteiger partial charge in [-0.15, -0.1) is 0 Å². The summed E-state index contributed by atoms with van der Waals surface area (Å²) in [5.41, 5.74) is 0.895. The Kier molecular flexibility index (Phi) is 5.78. The maximum absolute atomic E-state index is 12.2. The summed E-state index contributed by atoms with van der Waals surface area (Å²) < 4.78 is 5.72. The number of hydrogen-bond acceptors (Lipinski definition) is 6. The zero-order valence-corrected chi connectivity index (χ0v) is 13.7. The highest BCUT2D eigenvalue weighted by molar-refractivity contribution is 5.77. The van der Waals surface area contributed by atoms with Gasteiger partial charge in [-0.05, 0) is 25.0 Å². The van der Waals surface area contributed by atoms with Crippen molar-refractivity contribution in [3.05, 3.63) is 30.1 Å². The number of pyridine rings is 1. The van der Waals surface area contributed by atoms with Crippen LogP contribution in [0.2, 0.25) is 0 Å². The normalized spacial score (nSPS) is 30.0. The SMILES string of the molecule is O=C(CC1OC(CNCc2ccccn2)C(O)C1O)N1CCCC1. The number of carbonyl (C=O) groups excluding carboxylic acids is 1. The third kappa shape index (κ3) is 4.10. The van der Waals surface area contributed by atoms with Gasteiger partial charge in [0.25, 0.3) is 0 Å². The molecule has 3 rings (SSSR count). The molecule has 3 heterocycles. The fourth-order valence-corrected chi connectivity index (χ4v) is 3.28. The molecule has 7 nitrogen and oxygen atoms in total. The highest BCUT2D eigenvalue weighted by atomic mass is 16.5. The van der Waals surface area contributed by atoms with Gasteiger partial charge in [0.05, 0.1) is 24.3 Å². The molecule has 1 aromatic rings. The lowest BCUT2D eigenvalue weighted by molar-refractivity contribution is -0.134. The summed E-state index contributed by atoms with van der Waals surface area (Å²) in [5.74, 6) is -0.00848. The van der Waals surface area contributed by atoms with Gasteiger partial charge in [-0.2, -0.15) is 0 Å². The minimum Gasteiger partial charge on any atom is -0.388 e. The molecule has 7 heteroatoms. The van der Waals surface area contributed by atoms with Crippen LogP contribution in [0.15, 0.2) is 24.4 Å². The van der Waals surface area contributed by atoms with Crippen molar-refractivity contribution in [3.63, 3.8) is 0 Å². The Hall–Kier alpha value is -1.54. The number of ether oxygens (including phenoxy) is 1. The number of hydrogen-bond donors (Lipinski definition) is 3. The predicted molar refractivity (Wildman–Crippen MR) is 87.0 cm³/mol. The number of carbonyl (C=O) groups is 1. The largest absolute Gasteiger partial charge is 0.388 e. The molecule has 0 bridgehead atoms. The standard InChI is InChI=1S/C17H25N3O4/c21-15(20-7-3-4-8-20)9-13-16(22)17(23)14(24-13)11-18-10-12-5-1-2-6-19-12/h1-2,5-6,13-14,16-18,22-23H,3-4,7-11H2. The third-order valence-corrected chi connectivity index (χ3v) is 4.67. The first-order valence-electron chi connectivity index (χ1n) is 8.55. The van der Waals surface area contributed by atoms with Gasteiger partial charge in [-0.3, -0.25) is 9.78 Å². The van der Waals surface area contributed by atoms with Gasteiger partial charge in [-0.1, -0.05) is 6.07 Å². The maximum Gasteiger partial charge on any atom is 0.225 e.